The molecule has 4 nitrogen and oxygen atoms in total. The Kier molecular flexibility index (Phi) is 11.6. The third kappa shape index (κ3) is 7.04. The predicted octanol–water partition coefficient (Wildman–Crippen LogP) is 5.77. The van der Waals surface area contributed by atoms with E-state index in [-0.39, 0.29) is 5.41 Å². The fourth-order valence-corrected chi connectivity index (χ4v) is 6.20. The molecule has 0 fully saturated rings. The molecule has 0 heterocycles. The second-order valence-corrected chi connectivity index (χ2v) is 10.8. The van der Waals surface area contributed by atoms with Gasteiger partial charge in [0.25, 0.3) is 0 Å². The van der Waals surface area contributed by atoms with Crippen LogP contribution in [0.15, 0.2) is 47.5 Å². The quantitative estimate of drug-likeness (QED) is 0.175. The normalized spacial score (nSPS) is 16.0. The molecule has 0 atom stereocenters. The Morgan fingerprint density at radius 2 is 1.31 bits per heavy atom. The summed E-state index contributed by atoms with van der Waals surface area (Å²) in [5.41, 5.74) is 5.86. The average Bonchev–Trinajstić information content (AvgIpc) is 2.98. The van der Waals surface area contributed by atoms with Gasteiger partial charge in [0.2, 0.25) is 0 Å². The first-order valence-electron chi connectivity index (χ1n) is 14.4. The molecule has 2 aliphatic rings. The summed E-state index contributed by atoms with van der Waals surface area (Å²) in [6.07, 6.45) is 23.5. The summed E-state index contributed by atoms with van der Waals surface area (Å²) in [7, 11) is -2.96. The van der Waals surface area contributed by atoms with Gasteiger partial charge in [0.1, 0.15) is 0 Å². The van der Waals surface area contributed by atoms with E-state index >= 15 is 0 Å². The van der Waals surface area contributed by atoms with E-state index < -0.39 is 14.2 Å². The lowest BCUT2D eigenvalue weighted by Crippen LogP contribution is -2.33. The standard InChI is InChI=1S/C30H46B2O4/c1-3-5-7-9-11-13-21-30(22-14-12-10-8-6-4-2)28-20-17-24(31(33)34)15-18-26(28)27-19-16-25(32(35)36)23-29(27)30/h15-19,23,33-36H,3-14,20-22H2,1-2H3. The molecule has 0 aromatic heterocycles. The van der Waals surface area contributed by atoms with Crippen LogP contribution in [-0.2, 0) is 5.41 Å². The van der Waals surface area contributed by atoms with E-state index in [2.05, 4.69) is 13.8 Å². The van der Waals surface area contributed by atoms with E-state index in [4.69, 9.17) is 0 Å². The second kappa shape index (κ2) is 14.4. The minimum absolute atomic E-state index is 0.151. The Bertz CT molecular complexity index is 917. The maximum absolute atomic E-state index is 9.98. The van der Waals surface area contributed by atoms with Gasteiger partial charge in [-0.3, -0.25) is 0 Å². The Morgan fingerprint density at radius 3 is 1.86 bits per heavy atom. The minimum Gasteiger partial charge on any atom is -0.423 e. The maximum atomic E-state index is 9.98. The van der Waals surface area contributed by atoms with Crippen molar-refractivity contribution >= 4 is 25.3 Å². The molecule has 0 unspecified atom stereocenters. The van der Waals surface area contributed by atoms with Crippen LogP contribution < -0.4 is 5.46 Å². The molecular weight excluding hydrogens is 446 g/mol. The van der Waals surface area contributed by atoms with Crippen LogP contribution in [0.1, 0.15) is 121 Å². The van der Waals surface area contributed by atoms with Crippen molar-refractivity contribution < 1.29 is 20.1 Å². The first-order valence-corrected chi connectivity index (χ1v) is 14.4. The molecule has 4 N–H and O–H groups in total. The number of fused-ring (bicyclic) bond motifs is 2. The molecule has 0 spiro atoms. The van der Waals surface area contributed by atoms with Crippen LogP contribution in [0, 0.1) is 0 Å². The molecule has 1 aromatic carbocycles. The topological polar surface area (TPSA) is 80.9 Å². The predicted molar refractivity (Wildman–Crippen MR) is 153 cm³/mol. The van der Waals surface area contributed by atoms with Crippen LogP contribution in [0.5, 0.6) is 0 Å². The summed E-state index contributed by atoms with van der Waals surface area (Å²) in [6.45, 7) is 4.49. The lowest BCUT2D eigenvalue weighted by atomic mass is 9.67. The molecule has 0 saturated carbocycles. The van der Waals surface area contributed by atoms with E-state index in [0.717, 1.165) is 31.2 Å². The van der Waals surface area contributed by atoms with Gasteiger partial charge >= 0.3 is 14.2 Å². The van der Waals surface area contributed by atoms with Crippen molar-refractivity contribution in [3.63, 3.8) is 0 Å². The summed E-state index contributed by atoms with van der Waals surface area (Å²) in [5, 5.41) is 39.6. The molecule has 196 valence electrons. The van der Waals surface area contributed by atoms with Crippen LogP contribution in [0.3, 0.4) is 0 Å². The molecule has 6 heteroatoms. The molecule has 1 aromatic rings. The third-order valence-electron chi connectivity index (χ3n) is 8.25. The number of unbranched alkanes of at least 4 members (excludes halogenated alkanes) is 10. The average molecular weight is 492 g/mol. The van der Waals surface area contributed by atoms with Crippen LogP contribution >= 0.6 is 0 Å². The molecule has 0 radical (unpaired) electrons. The summed E-state index contributed by atoms with van der Waals surface area (Å²) in [6, 6.07) is 5.88. The number of rotatable bonds is 16. The summed E-state index contributed by atoms with van der Waals surface area (Å²) in [5.74, 6) is 0. The molecule has 0 amide bonds. The summed E-state index contributed by atoms with van der Waals surface area (Å²) >= 11 is 0. The van der Waals surface area contributed by atoms with Crippen LogP contribution in [0.25, 0.3) is 5.57 Å². The molecular formula is C30H46B2O4. The molecule has 0 aliphatic heterocycles. The molecule has 0 saturated heterocycles. The molecule has 0 bridgehead atoms. The fraction of sp³-hybridized carbons (Fsp3) is 0.600. The largest absolute Gasteiger partial charge is 0.488 e. The van der Waals surface area contributed by atoms with Gasteiger partial charge in [-0.25, -0.2) is 0 Å². The summed E-state index contributed by atoms with van der Waals surface area (Å²) in [4.78, 5) is 0. The van der Waals surface area contributed by atoms with Crippen molar-refractivity contribution in [2.45, 2.75) is 116 Å². The van der Waals surface area contributed by atoms with Gasteiger partial charge in [-0.15, -0.1) is 0 Å². The number of allylic oxidation sites excluding steroid dienone is 6. The van der Waals surface area contributed by atoms with Gasteiger partial charge in [-0.1, -0.05) is 127 Å². The molecule has 36 heavy (non-hydrogen) atoms. The maximum Gasteiger partial charge on any atom is 0.488 e. The highest BCUT2D eigenvalue weighted by Gasteiger charge is 2.43. The highest BCUT2D eigenvalue weighted by Crippen LogP contribution is 2.54. The van der Waals surface area contributed by atoms with E-state index in [9.17, 15) is 20.1 Å². The zero-order valence-corrected chi connectivity index (χ0v) is 22.5. The van der Waals surface area contributed by atoms with Crippen LogP contribution in [-0.4, -0.2) is 34.3 Å². The van der Waals surface area contributed by atoms with Crippen molar-refractivity contribution in [3.05, 3.63) is 58.6 Å². The van der Waals surface area contributed by atoms with Gasteiger partial charge in [0.05, 0.1) is 0 Å². The van der Waals surface area contributed by atoms with E-state index in [0.29, 0.717) is 17.4 Å². The van der Waals surface area contributed by atoms with Crippen molar-refractivity contribution in [1.29, 1.82) is 0 Å². The zero-order chi connectivity index (χ0) is 26.0. The van der Waals surface area contributed by atoms with Crippen LogP contribution in [0.2, 0.25) is 0 Å². The van der Waals surface area contributed by atoms with Gasteiger partial charge in [0, 0.05) is 5.41 Å². The highest BCUT2D eigenvalue weighted by molar-refractivity contribution is 6.58. The minimum atomic E-state index is -1.48. The number of hydrogen-bond donors (Lipinski definition) is 4. The first-order chi connectivity index (χ1) is 17.4. The van der Waals surface area contributed by atoms with Crippen molar-refractivity contribution in [2.75, 3.05) is 0 Å². The van der Waals surface area contributed by atoms with Crippen molar-refractivity contribution in [1.82, 2.24) is 0 Å². The van der Waals surface area contributed by atoms with Gasteiger partial charge in [0.15, 0.2) is 0 Å². The Balaban J connectivity index is 1.95. The van der Waals surface area contributed by atoms with Gasteiger partial charge in [-0.05, 0) is 52.5 Å². The molecule has 3 rings (SSSR count). The van der Waals surface area contributed by atoms with Crippen LogP contribution in [0.4, 0.5) is 0 Å². The fourth-order valence-electron chi connectivity index (χ4n) is 6.20. The smallest absolute Gasteiger partial charge is 0.423 e. The lowest BCUT2D eigenvalue weighted by molar-refractivity contribution is 0.385. The second-order valence-electron chi connectivity index (χ2n) is 10.8. The van der Waals surface area contributed by atoms with Gasteiger partial charge < -0.3 is 20.1 Å². The zero-order valence-electron chi connectivity index (χ0n) is 22.5. The SMILES string of the molecule is CCCCCCCCC1(CCCCCCCC)C2=C(C=CC(B(O)O)=CC2)c2ccc(B(O)O)cc21. The highest BCUT2D eigenvalue weighted by atomic mass is 16.4. The van der Waals surface area contributed by atoms with Gasteiger partial charge in [-0.2, -0.15) is 0 Å². The van der Waals surface area contributed by atoms with Crippen molar-refractivity contribution in [2.24, 2.45) is 0 Å². The first kappa shape index (κ1) is 29.0. The number of hydrogen-bond acceptors (Lipinski definition) is 4. The van der Waals surface area contributed by atoms with E-state index in [1.807, 2.05) is 36.4 Å². The Hall–Kier alpha value is -1.59. The van der Waals surface area contributed by atoms with Crippen molar-refractivity contribution in [3.8, 4) is 0 Å². The molecule has 2 aliphatic carbocycles. The third-order valence-corrected chi connectivity index (χ3v) is 8.25. The monoisotopic (exact) mass is 492 g/mol. The van der Waals surface area contributed by atoms with E-state index in [1.54, 1.807) is 0 Å². The Morgan fingerprint density at radius 1 is 0.722 bits per heavy atom. The van der Waals surface area contributed by atoms with E-state index in [1.165, 1.54) is 80.9 Å². The summed E-state index contributed by atoms with van der Waals surface area (Å²) < 4.78 is 0. The number of benzene rings is 1. The lowest BCUT2D eigenvalue weighted by Gasteiger charge is -2.35. The Labute approximate surface area is 219 Å².